The van der Waals surface area contributed by atoms with E-state index in [0.717, 1.165) is 19.4 Å². The molecule has 110 valence electrons. The van der Waals surface area contributed by atoms with Crippen LogP contribution >= 0.6 is 0 Å². The Balaban J connectivity index is 2.69. The van der Waals surface area contributed by atoms with E-state index in [-0.39, 0.29) is 25.0 Å². The van der Waals surface area contributed by atoms with Gasteiger partial charge in [-0.3, -0.25) is 4.79 Å². The van der Waals surface area contributed by atoms with Gasteiger partial charge in [0.1, 0.15) is 0 Å². The summed E-state index contributed by atoms with van der Waals surface area (Å²) in [6.07, 6.45) is 2.15. The second-order valence-corrected chi connectivity index (χ2v) is 5.99. The van der Waals surface area contributed by atoms with Crippen molar-refractivity contribution in [1.82, 2.24) is 9.80 Å². The minimum Gasteiger partial charge on any atom is -0.481 e. The van der Waals surface area contributed by atoms with E-state index in [1.54, 1.807) is 4.90 Å². The van der Waals surface area contributed by atoms with Gasteiger partial charge in [-0.15, -0.1) is 0 Å². The number of urea groups is 1. The highest BCUT2D eigenvalue weighted by atomic mass is 16.4. The molecule has 0 radical (unpaired) electrons. The van der Waals surface area contributed by atoms with Gasteiger partial charge in [0.25, 0.3) is 0 Å². The lowest BCUT2D eigenvalue weighted by Gasteiger charge is -2.34. The van der Waals surface area contributed by atoms with E-state index in [1.807, 2.05) is 18.7 Å². The van der Waals surface area contributed by atoms with Crippen molar-refractivity contribution in [3.63, 3.8) is 0 Å². The summed E-state index contributed by atoms with van der Waals surface area (Å²) in [6, 6.07) is 0.383. The molecule has 0 bridgehead atoms. The van der Waals surface area contributed by atoms with Crippen LogP contribution in [0.2, 0.25) is 0 Å². The third-order valence-corrected chi connectivity index (χ3v) is 3.23. The SMILES string of the molecule is CC(C)CN(C(=O)N(CCC(=O)O)C(C)C)C1CC1. The summed E-state index contributed by atoms with van der Waals surface area (Å²) < 4.78 is 0. The molecule has 0 aliphatic heterocycles. The first-order chi connectivity index (χ1) is 8.82. The van der Waals surface area contributed by atoms with E-state index in [9.17, 15) is 9.59 Å². The first-order valence-electron chi connectivity index (χ1n) is 7.12. The van der Waals surface area contributed by atoms with E-state index in [0.29, 0.717) is 12.0 Å². The molecule has 5 nitrogen and oxygen atoms in total. The third kappa shape index (κ3) is 5.09. The number of carboxylic acids is 1. The summed E-state index contributed by atoms with van der Waals surface area (Å²) in [5.41, 5.74) is 0. The number of carboxylic acid groups (broad SMARTS) is 1. The average molecular weight is 270 g/mol. The fourth-order valence-electron chi connectivity index (χ4n) is 2.12. The van der Waals surface area contributed by atoms with Crippen LogP contribution in [0.15, 0.2) is 0 Å². The molecule has 1 fully saturated rings. The number of carbonyl (C=O) groups is 2. The van der Waals surface area contributed by atoms with Crippen molar-refractivity contribution in [3.05, 3.63) is 0 Å². The van der Waals surface area contributed by atoms with Gasteiger partial charge in [0, 0.05) is 25.2 Å². The standard InChI is InChI=1S/C14H26N2O3/c1-10(2)9-16(12-5-6-12)14(19)15(11(3)4)8-7-13(17)18/h10-12H,5-9H2,1-4H3,(H,17,18). The molecule has 0 heterocycles. The Kier molecular flexibility index (Phi) is 5.63. The minimum absolute atomic E-state index is 0.00407. The molecular formula is C14H26N2O3. The van der Waals surface area contributed by atoms with Crippen LogP contribution in [-0.2, 0) is 4.79 Å². The number of hydrogen-bond donors (Lipinski definition) is 1. The van der Waals surface area contributed by atoms with Crippen LogP contribution in [0.3, 0.4) is 0 Å². The van der Waals surface area contributed by atoms with Crippen molar-refractivity contribution in [2.75, 3.05) is 13.1 Å². The lowest BCUT2D eigenvalue weighted by atomic mass is 10.2. The highest BCUT2D eigenvalue weighted by Crippen LogP contribution is 2.29. The number of aliphatic carboxylic acids is 1. The Morgan fingerprint density at radius 3 is 2.16 bits per heavy atom. The lowest BCUT2D eigenvalue weighted by Crippen LogP contribution is -2.49. The van der Waals surface area contributed by atoms with Crippen molar-refractivity contribution in [2.24, 2.45) is 5.92 Å². The Morgan fingerprint density at radius 1 is 1.21 bits per heavy atom. The first-order valence-corrected chi connectivity index (χ1v) is 7.12. The summed E-state index contributed by atoms with van der Waals surface area (Å²) in [6.45, 7) is 9.09. The Bertz CT molecular complexity index is 325. The zero-order valence-corrected chi connectivity index (χ0v) is 12.4. The summed E-state index contributed by atoms with van der Waals surface area (Å²) in [5.74, 6) is -0.432. The number of amides is 2. The predicted molar refractivity (Wildman–Crippen MR) is 74.1 cm³/mol. The predicted octanol–water partition coefficient (Wildman–Crippen LogP) is 2.41. The van der Waals surface area contributed by atoms with E-state index in [2.05, 4.69) is 13.8 Å². The summed E-state index contributed by atoms with van der Waals surface area (Å²) in [4.78, 5) is 26.9. The largest absolute Gasteiger partial charge is 0.481 e. The van der Waals surface area contributed by atoms with Crippen molar-refractivity contribution in [1.29, 1.82) is 0 Å². The highest BCUT2D eigenvalue weighted by Gasteiger charge is 2.35. The van der Waals surface area contributed by atoms with Crippen LogP contribution in [0.25, 0.3) is 0 Å². The first kappa shape index (κ1) is 15.8. The van der Waals surface area contributed by atoms with Gasteiger partial charge in [-0.1, -0.05) is 13.8 Å². The molecule has 0 unspecified atom stereocenters. The average Bonchev–Trinajstić information content (AvgIpc) is 3.08. The number of carbonyl (C=O) groups excluding carboxylic acids is 1. The van der Waals surface area contributed by atoms with Crippen LogP contribution < -0.4 is 0 Å². The normalized spacial score (nSPS) is 14.8. The molecule has 0 atom stereocenters. The summed E-state index contributed by atoms with van der Waals surface area (Å²) in [7, 11) is 0. The third-order valence-electron chi connectivity index (χ3n) is 3.23. The zero-order valence-electron chi connectivity index (χ0n) is 12.4. The smallest absolute Gasteiger partial charge is 0.320 e. The van der Waals surface area contributed by atoms with Crippen LogP contribution in [0.4, 0.5) is 4.79 Å². The lowest BCUT2D eigenvalue weighted by molar-refractivity contribution is -0.137. The molecule has 5 heteroatoms. The molecule has 0 aromatic carbocycles. The van der Waals surface area contributed by atoms with Gasteiger partial charge >= 0.3 is 12.0 Å². The quantitative estimate of drug-likeness (QED) is 0.772. The number of rotatable bonds is 7. The maximum absolute atomic E-state index is 12.6. The van der Waals surface area contributed by atoms with Gasteiger partial charge in [0.05, 0.1) is 6.42 Å². The van der Waals surface area contributed by atoms with Crippen molar-refractivity contribution >= 4 is 12.0 Å². The van der Waals surface area contributed by atoms with Gasteiger partial charge in [-0.2, -0.15) is 0 Å². The number of nitrogens with zero attached hydrogens (tertiary/aromatic N) is 2. The molecule has 2 amide bonds. The van der Waals surface area contributed by atoms with E-state index >= 15 is 0 Å². The molecule has 1 rings (SSSR count). The Morgan fingerprint density at radius 2 is 1.79 bits per heavy atom. The molecule has 1 aliphatic carbocycles. The van der Waals surface area contributed by atoms with Crippen LogP contribution in [0, 0.1) is 5.92 Å². The molecule has 1 N–H and O–H groups in total. The van der Waals surface area contributed by atoms with Crippen LogP contribution in [0.5, 0.6) is 0 Å². The van der Waals surface area contributed by atoms with Crippen LogP contribution in [-0.4, -0.2) is 52.1 Å². The van der Waals surface area contributed by atoms with Crippen molar-refractivity contribution in [2.45, 2.75) is 59.0 Å². The highest BCUT2D eigenvalue weighted by molar-refractivity contribution is 5.76. The second-order valence-electron chi connectivity index (χ2n) is 5.99. The molecule has 1 saturated carbocycles. The molecule has 0 spiro atoms. The Hall–Kier alpha value is -1.26. The molecule has 19 heavy (non-hydrogen) atoms. The fraction of sp³-hybridized carbons (Fsp3) is 0.857. The van der Waals surface area contributed by atoms with Gasteiger partial charge < -0.3 is 14.9 Å². The maximum Gasteiger partial charge on any atom is 0.320 e. The topological polar surface area (TPSA) is 60.9 Å². The van der Waals surface area contributed by atoms with E-state index in [1.165, 1.54) is 0 Å². The maximum atomic E-state index is 12.6. The second kappa shape index (κ2) is 6.78. The number of hydrogen-bond acceptors (Lipinski definition) is 2. The van der Waals surface area contributed by atoms with Crippen LogP contribution in [0.1, 0.15) is 47.0 Å². The van der Waals surface area contributed by atoms with E-state index < -0.39 is 5.97 Å². The molecule has 0 saturated heterocycles. The molecule has 1 aliphatic rings. The van der Waals surface area contributed by atoms with Gasteiger partial charge in [-0.05, 0) is 32.6 Å². The van der Waals surface area contributed by atoms with E-state index in [4.69, 9.17) is 5.11 Å². The zero-order chi connectivity index (χ0) is 14.6. The monoisotopic (exact) mass is 270 g/mol. The molecular weight excluding hydrogens is 244 g/mol. The Labute approximate surface area is 115 Å². The van der Waals surface area contributed by atoms with Crippen molar-refractivity contribution in [3.8, 4) is 0 Å². The summed E-state index contributed by atoms with van der Waals surface area (Å²) >= 11 is 0. The molecule has 0 aromatic heterocycles. The van der Waals surface area contributed by atoms with Gasteiger partial charge in [0.2, 0.25) is 0 Å². The van der Waals surface area contributed by atoms with Crippen molar-refractivity contribution < 1.29 is 14.7 Å². The fourth-order valence-corrected chi connectivity index (χ4v) is 2.12. The molecule has 0 aromatic rings. The minimum atomic E-state index is -0.861. The van der Waals surface area contributed by atoms with Gasteiger partial charge in [0.15, 0.2) is 0 Å². The summed E-state index contributed by atoms with van der Waals surface area (Å²) in [5, 5.41) is 8.78. The van der Waals surface area contributed by atoms with Gasteiger partial charge in [-0.25, -0.2) is 4.79 Å².